The number of aliphatic imine (C=N–C) groups is 1. The molecule has 0 saturated heterocycles. The number of unbranched alkanes of at least 4 members (excludes halogenated alkanes) is 1. The molecule has 0 spiro atoms. The van der Waals surface area contributed by atoms with Gasteiger partial charge in [-0.25, -0.2) is 14.6 Å². The Bertz CT molecular complexity index is 2370. The number of rotatable bonds is 20. The maximum Gasteiger partial charge on any atom is 0.336 e. The van der Waals surface area contributed by atoms with E-state index in [-0.39, 0.29) is 41.4 Å². The average molecular weight is 911 g/mol. The van der Waals surface area contributed by atoms with Gasteiger partial charge in [-0.1, -0.05) is 18.2 Å². The molecular formula is C46H54N8O10S. The van der Waals surface area contributed by atoms with Crippen LogP contribution in [0.25, 0.3) is 5.57 Å². The lowest BCUT2D eigenvalue weighted by atomic mass is 9.84. The molecule has 0 saturated carbocycles. The van der Waals surface area contributed by atoms with E-state index in [4.69, 9.17) is 16.2 Å². The molecule has 4 amide bonds. The molecule has 18 nitrogen and oxygen atoms in total. The zero-order chi connectivity index (χ0) is 47.4. The van der Waals surface area contributed by atoms with Crippen molar-refractivity contribution < 1.29 is 48.8 Å². The molecule has 0 unspecified atom stereocenters. The van der Waals surface area contributed by atoms with Crippen LogP contribution in [0.1, 0.15) is 36.0 Å². The smallest absolute Gasteiger partial charge is 0.336 e. The van der Waals surface area contributed by atoms with Crippen molar-refractivity contribution in [3.8, 4) is 17.2 Å². The summed E-state index contributed by atoms with van der Waals surface area (Å²) >= 11 is 0.946. The largest absolute Gasteiger partial charge is 0.508 e. The molecule has 0 radical (unpaired) electrons. The molecule has 1 heterocycles. The van der Waals surface area contributed by atoms with Gasteiger partial charge in [0.05, 0.1) is 23.6 Å². The number of fused-ring (bicyclic) bond motifs is 2. The van der Waals surface area contributed by atoms with Gasteiger partial charge in [-0.2, -0.15) is 0 Å². The number of anilines is 2. The number of aromatic hydroxyl groups is 1. The van der Waals surface area contributed by atoms with Gasteiger partial charge >= 0.3 is 11.9 Å². The number of thioether (sulfide) groups is 1. The van der Waals surface area contributed by atoms with E-state index in [1.807, 2.05) is 74.4 Å². The van der Waals surface area contributed by atoms with Gasteiger partial charge in [-0.15, -0.1) is 11.8 Å². The molecule has 0 fully saturated rings. The minimum Gasteiger partial charge on any atom is -0.508 e. The highest BCUT2D eigenvalue weighted by atomic mass is 32.2. The molecule has 19 heteroatoms. The molecule has 3 aromatic rings. The summed E-state index contributed by atoms with van der Waals surface area (Å²) in [4.78, 5) is 85.9. The molecule has 1 aliphatic carbocycles. The Morgan fingerprint density at radius 2 is 1.37 bits per heavy atom. The first-order valence-corrected chi connectivity index (χ1v) is 21.8. The van der Waals surface area contributed by atoms with Crippen molar-refractivity contribution in [3.63, 3.8) is 0 Å². The molecule has 1 aliphatic heterocycles. The zero-order valence-electron chi connectivity index (χ0n) is 36.5. The van der Waals surface area contributed by atoms with Gasteiger partial charge in [0.1, 0.15) is 35.4 Å². The van der Waals surface area contributed by atoms with E-state index < -0.39 is 60.2 Å². The third-order valence-corrected chi connectivity index (χ3v) is 11.4. The summed E-state index contributed by atoms with van der Waals surface area (Å²) in [5.74, 6) is -4.91. The highest BCUT2D eigenvalue weighted by Gasteiger charge is 2.32. The Morgan fingerprint density at radius 3 is 1.92 bits per heavy atom. The van der Waals surface area contributed by atoms with Crippen LogP contribution in [-0.2, 0) is 35.2 Å². The molecule has 344 valence electrons. The van der Waals surface area contributed by atoms with Crippen molar-refractivity contribution in [2.75, 3.05) is 62.6 Å². The van der Waals surface area contributed by atoms with E-state index in [0.717, 1.165) is 23.1 Å². The lowest BCUT2D eigenvalue weighted by molar-refractivity contribution is -0.142. The predicted molar refractivity (Wildman–Crippen MR) is 249 cm³/mol. The highest BCUT2D eigenvalue weighted by Crippen LogP contribution is 2.48. The lowest BCUT2D eigenvalue weighted by Gasteiger charge is -2.28. The van der Waals surface area contributed by atoms with E-state index in [1.54, 1.807) is 12.2 Å². The van der Waals surface area contributed by atoms with E-state index in [2.05, 4.69) is 20.9 Å². The van der Waals surface area contributed by atoms with Crippen LogP contribution < -0.4 is 42.0 Å². The van der Waals surface area contributed by atoms with Gasteiger partial charge in [-0.3, -0.25) is 19.2 Å². The number of carboxylic acids is 2. The fourth-order valence-corrected chi connectivity index (χ4v) is 7.79. The maximum atomic E-state index is 13.8. The number of carbonyl (C=O) groups is 6. The summed E-state index contributed by atoms with van der Waals surface area (Å²) in [6.45, 7) is -0.131. The van der Waals surface area contributed by atoms with Crippen LogP contribution in [0, 0.1) is 0 Å². The maximum absolute atomic E-state index is 13.8. The van der Waals surface area contributed by atoms with Crippen LogP contribution in [-0.4, -0.2) is 128 Å². The summed E-state index contributed by atoms with van der Waals surface area (Å²) < 4.78 is 6.39. The molecule has 3 aromatic carbocycles. The molecule has 5 rings (SSSR count). The topological polar surface area (TPSA) is 279 Å². The number of nitrogens with zero attached hydrogens (tertiary/aromatic N) is 3. The normalized spacial score (nSPS) is 14.7. The molecular weight excluding hydrogens is 857 g/mol. The molecule has 0 aromatic heterocycles. The molecule has 0 bridgehead atoms. The predicted octanol–water partition coefficient (Wildman–Crippen LogP) is 2.58. The molecule has 3 atom stereocenters. The monoisotopic (exact) mass is 910 g/mol. The highest BCUT2D eigenvalue weighted by molar-refractivity contribution is 8.00. The Balaban J connectivity index is 1.35. The number of hydrogen-bond donors (Lipinski definition) is 8. The second-order valence-corrected chi connectivity index (χ2v) is 16.7. The quantitative estimate of drug-likeness (QED) is 0.0592. The van der Waals surface area contributed by atoms with E-state index >= 15 is 0 Å². The van der Waals surface area contributed by atoms with E-state index in [1.165, 1.54) is 30.3 Å². The van der Waals surface area contributed by atoms with Gasteiger partial charge in [-0.05, 0) is 85.5 Å². The first kappa shape index (κ1) is 49.1. The number of allylic oxidation sites excluding steroid dienone is 3. The molecule has 10 N–H and O–H groups in total. The Morgan fingerprint density at radius 1 is 0.769 bits per heavy atom. The van der Waals surface area contributed by atoms with Crippen LogP contribution in [0.3, 0.4) is 0 Å². The number of amides is 4. The van der Waals surface area contributed by atoms with Crippen LogP contribution in [0.2, 0.25) is 0 Å². The van der Waals surface area contributed by atoms with Gasteiger partial charge in [0.25, 0.3) is 5.91 Å². The lowest BCUT2D eigenvalue weighted by Crippen LogP contribution is -2.57. The summed E-state index contributed by atoms with van der Waals surface area (Å²) in [7, 11) is 7.62. The van der Waals surface area contributed by atoms with Crippen LogP contribution in [0.15, 0.2) is 95.0 Å². The number of nitrogens with one attached hydrogen (secondary N) is 3. The minimum atomic E-state index is -1.32. The second-order valence-electron chi connectivity index (χ2n) is 15.6. The van der Waals surface area contributed by atoms with Gasteiger partial charge in [0.15, 0.2) is 0 Å². The Kier molecular flexibility index (Phi) is 17.1. The number of aliphatic carboxylic acids is 2. The Labute approximate surface area is 380 Å². The molecule has 2 aliphatic rings. The van der Waals surface area contributed by atoms with Gasteiger partial charge in [0.2, 0.25) is 17.7 Å². The van der Waals surface area contributed by atoms with Gasteiger partial charge in [0, 0.05) is 80.6 Å². The number of carbonyl (C=O) groups excluding carboxylic acids is 4. The van der Waals surface area contributed by atoms with Crippen molar-refractivity contribution >= 4 is 70.0 Å². The van der Waals surface area contributed by atoms with Crippen LogP contribution in [0.5, 0.6) is 17.2 Å². The standard InChI is InChI=1S/C46H54N8O10S/c1-53(2)28-11-16-32-38(21-28)64-39-22-29(54(3)4)12-17-33(39)42(32)31-15-10-27(20-34(31)45(60)61)49-41(57)25-65-24-37(50-40(56)23-48)44(59)52-36(19-26-8-13-30(55)14-9-26)43(58)51-35(46(62)63)7-5-6-18-47/h8-17,20-22,35-37,55H,5-7,18-19,23-25,47-48H2,1-4H3,(H,50,56)(H,51,58)(H,52,59)(H,60,61)(H,62,63)/t35-,36-,37-/m0/s1. The SMILES string of the molecule is CN(C)c1ccc2c(c1)Oc1cc(N(C)C)ccc1C2=C1C=CC(=NC(=O)CSC[C@H](NC(=O)CN)C(=O)N[C@@H](Cc2ccc(O)cc2)C(=O)N[C@@H](CCCCN)C(=O)O)C=C1C(=O)O. The fourth-order valence-electron chi connectivity index (χ4n) is 6.96. The third-order valence-electron chi connectivity index (χ3n) is 10.4. The van der Waals surface area contributed by atoms with E-state index in [9.17, 15) is 44.1 Å². The van der Waals surface area contributed by atoms with Crippen molar-refractivity contribution in [2.24, 2.45) is 16.5 Å². The number of benzene rings is 3. The Hall–Kier alpha value is -6.96. The second kappa shape index (κ2) is 22.6. The summed E-state index contributed by atoms with van der Waals surface area (Å²) in [5.41, 5.74) is 15.7. The third kappa shape index (κ3) is 13.1. The molecule has 65 heavy (non-hydrogen) atoms. The summed E-state index contributed by atoms with van der Waals surface area (Å²) in [5, 5.41) is 37.6. The van der Waals surface area contributed by atoms with Crippen LogP contribution >= 0.6 is 11.8 Å². The van der Waals surface area contributed by atoms with Gasteiger partial charge < -0.3 is 57.3 Å². The number of nitrogens with two attached hydrogens (primary N) is 2. The fraction of sp³-hybridized carbons (Fsp3) is 0.326. The van der Waals surface area contributed by atoms with E-state index in [0.29, 0.717) is 58.7 Å². The van der Waals surface area contributed by atoms with Crippen molar-refractivity contribution in [3.05, 3.63) is 107 Å². The van der Waals surface area contributed by atoms with Crippen molar-refractivity contribution in [2.45, 2.75) is 43.8 Å². The number of carboxylic acid groups (broad SMARTS) is 2. The number of phenolic OH excluding ortho intramolecular Hbond substituents is 1. The van der Waals surface area contributed by atoms with Crippen LogP contribution in [0.4, 0.5) is 11.4 Å². The summed E-state index contributed by atoms with van der Waals surface area (Å²) in [6, 6.07) is 13.3. The zero-order valence-corrected chi connectivity index (χ0v) is 37.3. The number of phenols is 1. The van der Waals surface area contributed by atoms with Crippen molar-refractivity contribution in [1.29, 1.82) is 0 Å². The number of ether oxygens (including phenoxy) is 1. The number of hydrogen-bond acceptors (Lipinski definition) is 13. The van der Waals surface area contributed by atoms with Crippen molar-refractivity contribution in [1.82, 2.24) is 16.0 Å². The summed E-state index contributed by atoms with van der Waals surface area (Å²) in [6.07, 6.45) is 5.41. The minimum absolute atomic E-state index is 0.0315. The first-order valence-electron chi connectivity index (χ1n) is 20.7. The first-order chi connectivity index (χ1) is 31.0. The average Bonchev–Trinajstić information content (AvgIpc) is 3.27.